The number of hydrogen-bond acceptors (Lipinski definition) is 1. The van der Waals surface area contributed by atoms with Crippen molar-refractivity contribution in [3.05, 3.63) is 0 Å². The maximum absolute atomic E-state index is 11.5. The fourth-order valence-corrected chi connectivity index (χ4v) is 1.52. The van der Waals surface area contributed by atoms with E-state index in [1.54, 1.807) is 0 Å². The molecular formula is C12H24O. The third kappa shape index (κ3) is 5.84. The van der Waals surface area contributed by atoms with E-state index in [0.29, 0.717) is 17.6 Å². The Balaban J connectivity index is 3.72. The molecule has 13 heavy (non-hydrogen) atoms. The van der Waals surface area contributed by atoms with Gasteiger partial charge in [0.25, 0.3) is 0 Å². The van der Waals surface area contributed by atoms with E-state index in [0.717, 1.165) is 32.1 Å². The fraction of sp³-hybridized carbons (Fsp3) is 0.917. The van der Waals surface area contributed by atoms with Crippen molar-refractivity contribution in [2.45, 2.75) is 59.8 Å². The first-order valence-corrected chi connectivity index (χ1v) is 5.65. The Morgan fingerprint density at radius 3 is 1.92 bits per heavy atom. The van der Waals surface area contributed by atoms with Crippen molar-refractivity contribution < 1.29 is 4.79 Å². The van der Waals surface area contributed by atoms with Gasteiger partial charge in [-0.25, -0.2) is 0 Å². The third-order valence-corrected chi connectivity index (χ3v) is 2.94. The van der Waals surface area contributed by atoms with Gasteiger partial charge in [-0.15, -0.1) is 0 Å². The predicted molar refractivity (Wildman–Crippen MR) is 57.8 cm³/mol. The Bertz CT molecular complexity index is 136. The van der Waals surface area contributed by atoms with Gasteiger partial charge in [0, 0.05) is 12.8 Å². The van der Waals surface area contributed by atoms with Crippen LogP contribution >= 0.6 is 0 Å². The number of carbonyl (C=O) groups is 1. The van der Waals surface area contributed by atoms with E-state index in [1.165, 1.54) is 0 Å². The lowest BCUT2D eigenvalue weighted by Gasteiger charge is -2.12. The third-order valence-electron chi connectivity index (χ3n) is 2.94. The molecule has 0 aromatic rings. The maximum atomic E-state index is 11.5. The van der Waals surface area contributed by atoms with Gasteiger partial charge in [0.05, 0.1) is 0 Å². The number of hydrogen-bond donors (Lipinski definition) is 0. The largest absolute Gasteiger partial charge is 0.300 e. The topological polar surface area (TPSA) is 17.1 Å². The molecule has 0 bridgehead atoms. The van der Waals surface area contributed by atoms with Crippen LogP contribution in [-0.2, 0) is 4.79 Å². The molecule has 0 saturated carbocycles. The maximum Gasteiger partial charge on any atom is 0.133 e. The lowest BCUT2D eigenvalue weighted by atomic mass is 9.92. The minimum atomic E-state index is 0.461. The zero-order chi connectivity index (χ0) is 10.3. The van der Waals surface area contributed by atoms with Crippen molar-refractivity contribution in [3.8, 4) is 0 Å². The van der Waals surface area contributed by atoms with Crippen molar-refractivity contribution in [2.24, 2.45) is 11.8 Å². The van der Waals surface area contributed by atoms with Crippen LogP contribution in [0.1, 0.15) is 59.8 Å². The van der Waals surface area contributed by atoms with Gasteiger partial charge in [-0.3, -0.25) is 4.79 Å². The quantitative estimate of drug-likeness (QED) is 0.588. The summed E-state index contributed by atoms with van der Waals surface area (Å²) in [5, 5.41) is 0. The molecule has 0 amide bonds. The van der Waals surface area contributed by atoms with Crippen LogP contribution in [0.5, 0.6) is 0 Å². The summed E-state index contributed by atoms with van der Waals surface area (Å²) in [5.74, 6) is 1.65. The van der Waals surface area contributed by atoms with Crippen LogP contribution in [0, 0.1) is 11.8 Å². The van der Waals surface area contributed by atoms with E-state index in [2.05, 4.69) is 27.7 Å². The lowest BCUT2D eigenvalue weighted by molar-refractivity contribution is -0.120. The number of rotatable bonds is 7. The summed E-state index contributed by atoms with van der Waals surface area (Å²) in [6.07, 6.45) is 4.99. The molecule has 0 aromatic heterocycles. The van der Waals surface area contributed by atoms with Gasteiger partial charge in [-0.05, 0) is 11.8 Å². The van der Waals surface area contributed by atoms with Crippen molar-refractivity contribution >= 4 is 5.78 Å². The van der Waals surface area contributed by atoms with Crippen LogP contribution in [0.25, 0.3) is 0 Å². The molecule has 0 heterocycles. The SMILES string of the molecule is CCC(C)CC(=O)CC(CC)CC. The van der Waals surface area contributed by atoms with E-state index >= 15 is 0 Å². The van der Waals surface area contributed by atoms with Gasteiger partial charge in [-0.2, -0.15) is 0 Å². The minimum absolute atomic E-state index is 0.461. The molecular weight excluding hydrogens is 160 g/mol. The zero-order valence-electron chi connectivity index (χ0n) is 9.60. The lowest BCUT2D eigenvalue weighted by Crippen LogP contribution is -2.10. The van der Waals surface area contributed by atoms with Crippen molar-refractivity contribution in [1.82, 2.24) is 0 Å². The highest BCUT2D eigenvalue weighted by Crippen LogP contribution is 2.16. The molecule has 0 aliphatic carbocycles. The summed E-state index contributed by atoms with van der Waals surface area (Å²) in [6.45, 7) is 8.65. The Hall–Kier alpha value is -0.330. The minimum Gasteiger partial charge on any atom is -0.300 e. The van der Waals surface area contributed by atoms with Crippen LogP contribution in [0.3, 0.4) is 0 Å². The average Bonchev–Trinajstić information content (AvgIpc) is 2.13. The van der Waals surface area contributed by atoms with Crippen LogP contribution in [-0.4, -0.2) is 5.78 Å². The van der Waals surface area contributed by atoms with E-state index in [-0.39, 0.29) is 0 Å². The molecule has 1 atom stereocenters. The fourth-order valence-electron chi connectivity index (χ4n) is 1.52. The van der Waals surface area contributed by atoms with Gasteiger partial charge in [0.1, 0.15) is 5.78 Å². The Morgan fingerprint density at radius 1 is 1.00 bits per heavy atom. The normalized spacial score (nSPS) is 13.3. The van der Waals surface area contributed by atoms with Gasteiger partial charge < -0.3 is 0 Å². The molecule has 0 rings (SSSR count). The highest BCUT2D eigenvalue weighted by Gasteiger charge is 2.12. The summed E-state index contributed by atoms with van der Waals surface area (Å²) < 4.78 is 0. The molecule has 0 aliphatic rings. The molecule has 0 fully saturated rings. The van der Waals surface area contributed by atoms with E-state index in [1.807, 2.05) is 0 Å². The Labute approximate surface area is 82.9 Å². The Morgan fingerprint density at radius 2 is 1.54 bits per heavy atom. The second-order valence-corrected chi connectivity index (χ2v) is 4.14. The van der Waals surface area contributed by atoms with Crippen LogP contribution in [0.15, 0.2) is 0 Å². The average molecular weight is 184 g/mol. The summed E-state index contributed by atoms with van der Waals surface area (Å²) >= 11 is 0. The summed E-state index contributed by atoms with van der Waals surface area (Å²) in [5.41, 5.74) is 0. The monoisotopic (exact) mass is 184 g/mol. The number of Topliss-reactive ketones (excluding diaryl/α,β-unsaturated/α-hetero) is 1. The van der Waals surface area contributed by atoms with Crippen LogP contribution < -0.4 is 0 Å². The van der Waals surface area contributed by atoms with Crippen LogP contribution in [0.2, 0.25) is 0 Å². The molecule has 0 radical (unpaired) electrons. The molecule has 0 N–H and O–H groups in total. The second-order valence-electron chi connectivity index (χ2n) is 4.14. The number of ketones is 1. The van der Waals surface area contributed by atoms with Crippen LogP contribution in [0.4, 0.5) is 0 Å². The first kappa shape index (κ1) is 12.7. The van der Waals surface area contributed by atoms with Gasteiger partial charge >= 0.3 is 0 Å². The molecule has 78 valence electrons. The second kappa shape index (κ2) is 7.11. The molecule has 1 unspecified atom stereocenters. The standard InChI is InChI=1S/C12H24O/c1-5-10(4)8-12(13)9-11(6-2)7-3/h10-11H,5-9H2,1-4H3. The predicted octanol–water partition coefficient (Wildman–Crippen LogP) is 3.82. The molecule has 0 aromatic carbocycles. The molecule has 0 spiro atoms. The van der Waals surface area contributed by atoms with Gasteiger partial charge in [-0.1, -0.05) is 47.0 Å². The summed E-state index contributed by atoms with van der Waals surface area (Å²) in [4.78, 5) is 11.5. The molecule has 1 nitrogen and oxygen atoms in total. The molecule has 0 saturated heterocycles. The summed E-state index contributed by atoms with van der Waals surface area (Å²) in [7, 11) is 0. The summed E-state index contributed by atoms with van der Waals surface area (Å²) in [6, 6.07) is 0. The van der Waals surface area contributed by atoms with E-state index < -0.39 is 0 Å². The van der Waals surface area contributed by atoms with Gasteiger partial charge in [0.2, 0.25) is 0 Å². The molecule has 0 aliphatic heterocycles. The van der Waals surface area contributed by atoms with Crippen molar-refractivity contribution in [1.29, 1.82) is 0 Å². The zero-order valence-corrected chi connectivity index (χ0v) is 9.60. The van der Waals surface area contributed by atoms with Gasteiger partial charge in [0.15, 0.2) is 0 Å². The molecule has 1 heteroatoms. The first-order valence-electron chi connectivity index (χ1n) is 5.65. The number of carbonyl (C=O) groups excluding carboxylic acids is 1. The van der Waals surface area contributed by atoms with Crippen molar-refractivity contribution in [2.75, 3.05) is 0 Å². The first-order chi connectivity index (χ1) is 6.13. The van der Waals surface area contributed by atoms with E-state index in [4.69, 9.17) is 0 Å². The highest BCUT2D eigenvalue weighted by atomic mass is 16.1. The smallest absolute Gasteiger partial charge is 0.133 e. The van der Waals surface area contributed by atoms with E-state index in [9.17, 15) is 4.79 Å². The highest BCUT2D eigenvalue weighted by molar-refractivity contribution is 5.78. The Kier molecular flexibility index (Phi) is 6.93. The van der Waals surface area contributed by atoms with Crippen molar-refractivity contribution in [3.63, 3.8) is 0 Å².